The first kappa shape index (κ1) is 19.6. The number of aryl methyl sites for hydroxylation is 1. The maximum absolute atomic E-state index is 13.1. The topological polar surface area (TPSA) is 56.9 Å². The van der Waals surface area contributed by atoms with Crippen molar-refractivity contribution in [3.63, 3.8) is 0 Å². The first-order chi connectivity index (χ1) is 14.3. The predicted molar refractivity (Wildman–Crippen MR) is 107 cm³/mol. The average Bonchev–Trinajstić information content (AvgIpc) is 2.75. The molecule has 30 heavy (non-hydrogen) atoms. The number of halogens is 3. The lowest BCUT2D eigenvalue weighted by Gasteiger charge is -2.12. The van der Waals surface area contributed by atoms with Gasteiger partial charge in [0.2, 0.25) is 0 Å². The van der Waals surface area contributed by atoms with E-state index in [2.05, 4.69) is 4.98 Å². The second-order valence-electron chi connectivity index (χ2n) is 6.89. The Balaban J connectivity index is 1.89. The third kappa shape index (κ3) is 3.52. The van der Waals surface area contributed by atoms with Gasteiger partial charge < -0.3 is 0 Å². The second kappa shape index (κ2) is 7.29. The molecule has 0 atom stereocenters. The molecule has 0 bridgehead atoms. The van der Waals surface area contributed by atoms with Crippen LogP contribution in [0, 0.1) is 0 Å². The van der Waals surface area contributed by atoms with Crippen LogP contribution in [0.4, 0.5) is 13.2 Å². The van der Waals surface area contributed by atoms with Crippen molar-refractivity contribution in [1.29, 1.82) is 0 Å². The maximum Gasteiger partial charge on any atom is 0.416 e. The van der Waals surface area contributed by atoms with Crippen molar-refractivity contribution < 1.29 is 13.2 Å². The molecule has 0 aliphatic carbocycles. The van der Waals surface area contributed by atoms with Crippen LogP contribution in [-0.4, -0.2) is 14.1 Å². The minimum atomic E-state index is -4.48. The van der Waals surface area contributed by atoms with Crippen LogP contribution in [0.25, 0.3) is 22.2 Å². The Morgan fingerprint density at radius 1 is 0.933 bits per heavy atom. The maximum atomic E-state index is 13.1. The van der Waals surface area contributed by atoms with Gasteiger partial charge in [0.1, 0.15) is 5.65 Å². The molecule has 4 aromatic rings. The van der Waals surface area contributed by atoms with Gasteiger partial charge in [-0.25, -0.2) is 9.78 Å². The Labute approximate surface area is 168 Å². The van der Waals surface area contributed by atoms with Crippen molar-refractivity contribution >= 4 is 11.0 Å². The van der Waals surface area contributed by atoms with E-state index in [1.807, 2.05) is 6.07 Å². The Hall–Kier alpha value is -3.68. The standard InChI is InChI=1S/C22H16F3N3O2/c1-27-19-18(20(29)28(21(27)30)13-14-6-3-2-4-7-14)11-16(12-26-19)15-8-5-9-17(10-15)22(23,24)25/h2-12H,13H2,1H3. The third-order valence-corrected chi connectivity index (χ3v) is 4.88. The first-order valence-electron chi connectivity index (χ1n) is 9.07. The van der Waals surface area contributed by atoms with E-state index in [0.717, 1.165) is 22.3 Å². The molecule has 0 unspecified atom stereocenters. The highest BCUT2D eigenvalue weighted by Crippen LogP contribution is 2.32. The Morgan fingerprint density at radius 3 is 2.37 bits per heavy atom. The lowest BCUT2D eigenvalue weighted by atomic mass is 10.0. The molecule has 4 rings (SSSR count). The molecule has 0 saturated carbocycles. The molecule has 8 heteroatoms. The number of pyridine rings is 1. The van der Waals surface area contributed by atoms with Crippen molar-refractivity contribution in [3.05, 3.63) is 98.8 Å². The zero-order valence-electron chi connectivity index (χ0n) is 15.8. The number of hydrogen-bond donors (Lipinski definition) is 0. The predicted octanol–water partition coefficient (Wildman–Crippen LogP) is 3.83. The van der Waals surface area contributed by atoms with Crippen LogP contribution >= 0.6 is 0 Å². The number of nitrogens with zero attached hydrogens (tertiary/aromatic N) is 3. The van der Waals surface area contributed by atoms with E-state index in [4.69, 9.17) is 0 Å². The molecule has 0 spiro atoms. The highest BCUT2D eigenvalue weighted by atomic mass is 19.4. The van der Waals surface area contributed by atoms with Crippen LogP contribution < -0.4 is 11.2 Å². The molecule has 2 aromatic carbocycles. The average molecular weight is 411 g/mol. The molecule has 0 fully saturated rings. The summed E-state index contributed by atoms with van der Waals surface area (Å²) in [6.07, 6.45) is -3.12. The SMILES string of the molecule is Cn1c(=O)n(Cc2ccccc2)c(=O)c2cc(-c3cccc(C(F)(F)F)c3)cnc21. The van der Waals surface area contributed by atoms with Crippen LogP contribution in [-0.2, 0) is 19.8 Å². The molecule has 2 heterocycles. The summed E-state index contributed by atoms with van der Waals surface area (Å²) >= 11 is 0. The van der Waals surface area contributed by atoms with E-state index in [1.54, 1.807) is 24.3 Å². The van der Waals surface area contributed by atoms with Gasteiger partial charge in [0, 0.05) is 18.8 Å². The summed E-state index contributed by atoms with van der Waals surface area (Å²) in [5.41, 5.74) is -0.267. The van der Waals surface area contributed by atoms with Crippen LogP contribution in [0.2, 0.25) is 0 Å². The third-order valence-electron chi connectivity index (χ3n) is 4.88. The highest BCUT2D eigenvalue weighted by molar-refractivity contribution is 5.80. The van der Waals surface area contributed by atoms with E-state index in [-0.39, 0.29) is 23.1 Å². The molecule has 0 N–H and O–H groups in total. The normalized spacial score (nSPS) is 11.7. The summed E-state index contributed by atoms with van der Waals surface area (Å²) in [6.45, 7) is 0.0794. The summed E-state index contributed by atoms with van der Waals surface area (Å²) in [6, 6.07) is 15.3. The lowest BCUT2D eigenvalue weighted by Crippen LogP contribution is -2.39. The molecule has 5 nitrogen and oxygen atoms in total. The summed E-state index contributed by atoms with van der Waals surface area (Å²) in [5.74, 6) is 0. The Bertz CT molecular complexity index is 1360. The van der Waals surface area contributed by atoms with Crippen molar-refractivity contribution in [2.24, 2.45) is 7.05 Å². The van der Waals surface area contributed by atoms with Crippen LogP contribution in [0.3, 0.4) is 0 Å². The van der Waals surface area contributed by atoms with Gasteiger partial charge in [0.05, 0.1) is 17.5 Å². The van der Waals surface area contributed by atoms with Crippen LogP contribution in [0.1, 0.15) is 11.1 Å². The van der Waals surface area contributed by atoms with E-state index in [0.29, 0.717) is 5.56 Å². The number of alkyl halides is 3. The van der Waals surface area contributed by atoms with E-state index >= 15 is 0 Å². The summed E-state index contributed by atoms with van der Waals surface area (Å²) in [5, 5.41) is 0.156. The number of hydrogen-bond acceptors (Lipinski definition) is 3. The van der Waals surface area contributed by atoms with Gasteiger partial charge in [-0.05, 0) is 29.3 Å². The second-order valence-corrected chi connectivity index (χ2v) is 6.89. The fourth-order valence-corrected chi connectivity index (χ4v) is 3.32. The Morgan fingerprint density at radius 2 is 1.67 bits per heavy atom. The Kier molecular flexibility index (Phi) is 4.77. The quantitative estimate of drug-likeness (QED) is 0.515. The molecular weight excluding hydrogens is 395 g/mol. The highest BCUT2D eigenvalue weighted by Gasteiger charge is 2.30. The monoisotopic (exact) mass is 411 g/mol. The smallest absolute Gasteiger partial charge is 0.280 e. The van der Waals surface area contributed by atoms with Gasteiger partial charge in [-0.15, -0.1) is 0 Å². The van der Waals surface area contributed by atoms with Crippen molar-refractivity contribution in [2.45, 2.75) is 12.7 Å². The number of fused-ring (bicyclic) bond motifs is 1. The van der Waals surface area contributed by atoms with Gasteiger partial charge in [0.15, 0.2) is 0 Å². The molecule has 0 aliphatic rings. The van der Waals surface area contributed by atoms with Crippen LogP contribution in [0.15, 0.2) is 76.4 Å². The first-order valence-corrected chi connectivity index (χ1v) is 9.07. The molecule has 0 radical (unpaired) electrons. The van der Waals surface area contributed by atoms with Crippen molar-refractivity contribution in [1.82, 2.24) is 14.1 Å². The zero-order valence-corrected chi connectivity index (χ0v) is 15.8. The summed E-state index contributed by atoms with van der Waals surface area (Å²) in [7, 11) is 1.50. The molecular formula is C22H16F3N3O2. The number of aromatic nitrogens is 3. The van der Waals surface area contributed by atoms with Gasteiger partial charge in [-0.1, -0.05) is 42.5 Å². The van der Waals surface area contributed by atoms with Gasteiger partial charge in [0.25, 0.3) is 5.56 Å². The number of rotatable bonds is 3. The fraction of sp³-hybridized carbons (Fsp3) is 0.136. The van der Waals surface area contributed by atoms with E-state index in [9.17, 15) is 22.8 Å². The fourth-order valence-electron chi connectivity index (χ4n) is 3.32. The molecule has 0 saturated heterocycles. The largest absolute Gasteiger partial charge is 0.416 e. The minimum absolute atomic E-state index is 0.0794. The molecule has 152 valence electrons. The van der Waals surface area contributed by atoms with Crippen LogP contribution in [0.5, 0.6) is 0 Å². The minimum Gasteiger partial charge on any atom is -0.280 e. The van der Waals surface area contributed by atoms with Crippen molar-refractivity contribution in [3.8, 4) is 11.1 Å². The van der Waals surface area contributed by atoms with Gasteiger partial charge in [-0.2, -0.15) is 13.2 Å². The molecule has 2 aromatic heterocycles. The lowest BCUT2D eigenvalue weighted by molar-refractivity contribution is -0.137. The summed E-state index contributed by atoms with van der Waals surface area (Å²) < 4.78 is 41.5. The van der Waals surface area contributed by atoms with E-state index in [1.165, 1.54) is 36.0 Å². The van der Waals surface area contributed by atoms with E-state index < -0.39 is 23.0 Å². The van der Waals surface area contributed by atoms with Gasteiger partial charge >= 0.3 is 11.9 Å². The molecule has 0 aliphatic heterocycles. The summed E-state index contributed by atoms with van der Waals surface area (Å²) in [4.78, 5) is 29.9. The van der Waals surface area contributed by atoms with Crippen molar-refractivity contribution in [2.75, 3.05) is 0 Å². The zero-order chi connectivity index (χ0) is 21.5. The number of benzene rings is 2. The van der Waals surface area contributed by atoms with Gasteiger partial charge in [-0.3, -0.25) is 13.9 Å². The molecule has 0 amide bonds.